The first kappa shape index (κ1) is 12.1. The number of rotatable bonds is 2. The van der Waals surface area contributed by atoms with E-state index in [-0.39, 0.29) is 6.03 Å². The van der Waals surface area contributed by atoms with E-state index >= 15 is 0 Å². The van der Waals surface area contributed by atoms with Crippen LogP contribution in [-0.2, 0) is 0 Å². The van der Waals surface area contributed by atoms with Crippen molar-refractivity contribution in [2.75, 3.05) is 10.6 Å². The zero-order valence-electron chi connectivity index (χ0n) is 10.4. The van der Waals surface area contributed by atoms with Gasteiger partial charge in [-0.05, 0) is 37.6 Å². The third kappa shape index (κ3) is 3.07. The summed E-state index contributed by atoms with van der Waals surface area (Å²) in [4.78, 5) is 15.7. The highest BCUT2D eigenvalue weighted by molar-refractivity contribution is 6.00. The zero-order chi connectivity index (χ0) is 13.0. The first-order valence-electron chi connectivity index (χ1n) is 5.70. The van der Waals surface area contributed by atoms with Crippen LogP contribution in [0.3, 0.4) is 0 Å². The molecule has 2 N–H and O–H groups in total. The molecule has 1 aromatic heterocycles. The first-order chi connectivity index (χ1) is 8.65. The highest BCUT2D eigenvalue weighted by Gasteiger charge is 2.04. The third-order valence-corrected chi connectivity index (χ3v) is 2.60. The molecule has 0 aliphatic rings. The molecular formula is C14H15N3O. The van der Waals surface area contributed by atoms with Gasteiger partial charge >= 0.3 is 6.03 Å². The summed E-state index contributed by atoms with van der Waals surface area (Å²) in [5.41, 5.74) is 3.61. The Morgan fingerprint density at radius 2 is 1.78 bits per heavy atom. The molecule has 2 rings (SSSR count). The van der Waals surface area contributed by atoms with E-state index in [1.807, 2.05) is 44.2 Å². The number of hydrogen-bond acceptors (Lipinski definition) is 2. The fourth-order valence-corrected chi connectivity index (χ4v) is 1.52. The standard InChI is InChI=1S/C14H15N3O/c1-10-3-5-12(6-4-10)16-14(18)17-13-9-15-8-7-11(13)2/h3-9H,1-2H3,(H2,16,17,18). The Labute approximate surface area is 106 Å². The van der Waals surface area contributed by atoms with Gasteiger partial charge in [-0.2, -0.15) is 0 Å². The Bertz CT molecular complexity index is 549. The molecule has 0 saturated carbocycles. The number of pyridine rings is 1. The number of aryl methyl sites for hydroxylation is 2. The molecule has 0 spiro atoms. The first-order valence-corrected chi connectivity index (χ1v) is 5.70. The lowest BCUT2D eigenvalue weighted by Crippen LogP contribution is -2.20. The average molecular weight is 241 g/mol. The maximum Gasteiger partial charge on any atom is 0.323 e. The fraction of sp³-hybridized carbons (Fsp3) is 0.143. The van der Waals surface area contributed by atoms with Crippen LogP contribution in [0.4, 0.5) is 16.2 Å². The molecule has 0 unspecified atom stereocenters. The third-order valence-electron chi connectivity index (χ3n) is 2.60. The van der Waals surface area contributed by atoms with Gasteiger partial charge in [0, 0.05) is 11.9 Å². The van der Waals surface area contributed by atoms with Crippen molar-refractivity contribution in [2.24, 2.45) is 0 Å². The molecule has 4 nitrogen and oxygen atoms in total. The molecule has 0 radical (unpaired) electrons. The number of hydrogen-bond donors (Lipinski definition) is 2. The smallest absolute Gasteiger partial charge is 0.308 e. The second-order valence-corrected chi connectivity index (χ2v) is 4.14. The van der Waals surface area contributed by atoms with E-state index in [9.17, 15) is 4.79 Å². The van der Waals surface area contributed by atoms with Gasteiger partial charge in [0.05, 0.1) is 11.9 Å². The Hall–Kier alpha value is -2.36. The Kier molecular flexibility index (Phi) is 3.57. The highest BCUT2D eigenvalue weighted by atomic mass is 16.2. The minimum Gasteiger partial charge on any atom is -0.308 e. The minimum atomic E-state index is -0.269. The van der Waals surface area contributed by atoms with E-state index in [2.05, 4.69) is 15.6 Å². The van der Waals surface area contributed by atoms with Crippen LogP contribution >= 0.6 is 0 Å². The maximum atomic E-state index is 11.8. The summed E-state index contributed by atoms with van der Waals surface area (Å²) in [6.45, 7) is 3.92. The molecule has 0 aliphatic carbocycles. The predicted molar refractivity (Wildman–Crippen MR) is 72.8 cm³/mol. The van der Waals surface area contributed by atoms with Crippen molar-refractivity contribution in [3.63, 3.8) is 0 Å². The molecule has 1 aromatic carbocycles. The monoisotopic (exact) mass is 241 g/mol. The quantitative estimate of drug-likeness (QED) is 0.847. The summed E-state index contributed by atoms with van der Waals surface area (Å²) in [7, 11) is 0. The Morgan fingerprint density at radius 1 is 1.06 bits per heavy atom. The molecule has 0 atom stereocenters. The topological polar surface area (TPSA) is 54.0 Å². The van der Waals surface area contributed by atoms with Crippen molar-refractivity contribution in [2.45, 2.75) is 13.8 Å². The minimum absolute atomic E-state index is 0.269. The number of carbonyl (C=O) groups excluding carboxylic acids is 1. The number of benzene rings is 1. The SMILES string of the molecule is Cc1ccc(NC(=O)Nc2cnccc2C)cc1. The number of nitrogens with zero attached hydrogens (tertiary/aromatic N) is 1. The van der Waals surface area contributed by atoms with Crippen molar-refractivity contribution >= 4 is 17.4 Å². The second-order valence-electron chi connectivity index (χ2n) is 4.14. The molecule has 0 saturated heterocycles. The van der Waals surface area contributed by atoms with E-state index in [1.54, 1.807) is 12.4 Å². The van der Waals surface area contributed by atoms with Crippen molar-refractivity contribution < 1.29 is 4.79 Å². The van der Waals surface area contributed by atoms with Crippen LogP contribution in [0, 0.1) is 13.8 Å². The number of aromatic nitrogens is 1. The van der Waals surface area contributed by atoms with Gasteiger partial charge in [0.15, 0.2) is 0 Å². The van der Waals surface area contributed by atoms with Gasteiger partial charge in [-0.1, -0.05) is 17.7 Å². The highest BCUT2D eigenvalue weighted by Crippen LogP contribution is 2.13. The number of urea groups is 1. The number of nitrogens with one attached hydrogen (secondary N) is 2. The van der Waals surface area contributed by atoms with Crippen LogP contribution in [-0.4, -0.2) is 11.0 Å². The van der Waals surface area contributed by atoms with Crippen LogP contribution in [0.1, 0.15) is 11.1 Å². The molecule has 4 heteroatoms. The van der Waals surface area contributed by atoms with Gasteiger partial charge < -0.3 is 10.6 Å². The number of carbonyl (C=O) groups is 1. The number of amides is 2. The van der Waals surface area contributed by atoms with Crippen molar-refractivity contribution in [1.29, 1.82) is 0 Å². The molecule has 2 aromatic rings. The van der Waals surface area contributed by atoms with Crippen molar-refractivity contribution in [3.05, 3.63) is 53.9 Å². The maximum absolute atomic E-state index is 11.8. The van der Waals surface area contributed by atoms with Gasteiger partial charge in [-0.15, -0.1) is 0 Å². The van der Waals surface area contributed by atoms with Crippen molar-refractivity contribution in [1.82, 2.24) is 4.98 Å². The van der Waals surface area contributed by atoms with E-state index in [4.69, 9.17) is 0 Å². The predicted octanol–water partition coefficient (Wildman–Crippen LogP) is 3.34. The van der Waals surface area contributed by atoms with Gasteiger partial charge in [0.25, 0.3) is 0 Å². The molecular weight excluding hydrogens is 226 g/mol. The van der Waals surface area contributed by atoms with Gasteiger partial charge in [-0.3, -0.25) is 4.98 Å². The summed E-state index contributed by atoms with van der Waals surface area (Å²) >= 11 is 0. The lowest BCUT2D eigenvalue weighted by Gasteiger charge is -2.09. The largest absolute Gasteiger partial charge is 0.323 e. The number of anilines is 2. The summed E-state index contributed by atoms with van der Waals surface area (Å²) in [5.74, 6) is 0. The van der Waals surface area contributed by atoms with Gasteiger partial charge in [0.2, 0.25) is 0 Å². The second kappa shape index (κ2) is 5.31. The van der Waals surface area contributed by atoms with Crippen LogP contribution < -0.4 is 10.6 Å². The van der Waals surface area contributed by atoms with Crippen LogP contribution in [0.2, 0.25) is 0 Å². The fourth-order valence-electron chi connectivity index (χ4n) is 1.52. The van der Waals surface area contributed by atoms with Crippen LogP contribution in [0.25, 0.3) is 0 Å². The van der Waals surface area contributed by atoms with Gasteiger partial charge in [0.1, 0.15) is 0 Å². The molecule has 2 amide bonds. The summed E-state index contributed by atoms with van der Waals surface area (Å²) in [6.07, 6.45) is 3.32. The summed E-state index contributed by atoms with van der Waals surface area (Å²) in [6, 6.07) is 9.21. The molecule has 18 heavy (non-hydrogen) atoms. The lowest BCUT2D eigenvalue weighted by atomic mass is 10.2. The average Bonchev–Trinajstić information content (AvgIpc) is 2.35. The van der Waals surface area contributed by atoms with E-state index in [0.717, 1.165) is 16.8 Å². The van der Waals surface area contributed by atoms with Crippen molar-refractivity contribution in [3.8, 4) is 0 Å². The molecule has 0 fully saturated rings. The molecule has 1 heterocycles. The molecule has 0 aliphatic heterocycles. The molecule has 92 valence electrons. The van der Waals surface area contributed by atoms with Crippen LogP contribution in [0.15, 0.2) is 42.7 Å². The Morgan fingerprint density at radius 3 is 2.44 bits per heavy atom. The van der Waals surface area contributed by atoms with E-state index < -0.39 is 0 Å². The normalized spacial score (nSPS) is 9.89. The van der Waals surface area contributed by atoms with E-state index in [1.165, 1.54) is 0 Å². The Balaban J connectivity index is 2.01. The lowest BCUT2D eigenvalue weighted by molar-refractivity contribution is 0.262. The van der Waals surface area contributed by atoms with E-state index in [0.29, 0.717) is 5.69 Å². The van der Waals surface area contributed by atoms with Crippen LogP contribution in [0.5, 0.6) is 0 Å². The summed E-state index contributed by atoms with van der Waals surface area (Å²) < 4.78 is 0. The summed E-state index contributed by atoms with van der Waals surface area (Å²) in [5, 5.41) is 5.53. The van der Waals surface area contributed by atoms with Gasteiger partial charge in [-0.25, -0.2) is 4.79 Å². The zero-order valence-corrected chi connectivity index (χ0v) is 10.4. The molecule has 0 bridgehead atoms.